The molecule has 1 N–H and O–H groups in total. The summed E-state index contributed by atoms with van der Waals surface area (Å²) in [6, 6.07) is 6.13. The fraction of sp³-hybridized carbons (Fsp3) is 0.629. The van der Waals surface area contributed by atoms with Crippen LogP contribution in [0.1, 0.15) is 66.7 Å². The molecule has 44 heavy (non-hydrogen) atoms. The van der Waals surface area contributed by atoms with Crippen LogP contribution in [0.5, 0.6) is 5.75 Å². The number of aliphatic hydroxyl groups is 1. The van der Waals surface area contributed by atoms with E-state index < -0.39 is 28.7 Å². The standard InChI is InChI=1S/C35H51N3O5S/c1-8-13-24(7)36(20-9-2)34(42)31-35-19-18-28(44-35)29(30(35)33(41)38(31)27(22-39)23(6)11-4)32(40)37(21-10-3)25-14-16-26(17-15-25)43-12-5/h9-10,14-17,23-24,27-31,39H,2-3,8,11-13,18-22H2,1,4-7H3/t23-,24?,27-,28+,29-,30-,31?,35?/m0/s1. The van der Waals surface area contributed by atoms with E-state index >= 15 is 0 Å². The second-order valence-electron chi connectivity index (χ2n) is 12.5. The Morgan fingerprint density at radius 2 is 1.82 bits per heavy atom. The molecule has 3 aliphatic rings. The third-order valence-corrected chi connectivity index (χ3v) is 11.9. The fourth-order valence-electron chi connectivity index (χ4n) is 7.70. The van der Waals surface area contributed by atoms with Gasteiger partial charge in [-0.1, -0.05) is 45.8 Å². The van der Waals surface area contributed by atoms with Crippen LogP contribution in [0.2, 0.25) is 0 Å². The second-order valence-corrected chi connectivity index (χ2v) is 14.1. The predicted molar refractivity (Wildman–Crippen MR) is 178 cm³/mol. The lowest BCUT2D eigenvalue weighted by atomic mass is 9.70. The highest BCUT2D eigenvalue weighted by atomic mass is 32.2. The van der Waals surface area contributed by atoms with Crippen molar-refractivity contribution in [3.05, 3.63) is 49.6 Å². The van der Waals surface area contributed by atoms with Gasteiger partial charge in [0.15, 0.2) is 0 Å². The van der Waals surface area contributed by atoms with Crippen LogP contribution >= 0.6 is 11.8 Å². The minimum Gasteiger partial charge on any atom is -0.494 e. The summed E-state index contributed by atoms with van der Waals surface area (Å²) in [6.07, 6.45) is 7.39. The minimum absolute atomic E-state index is 0.0205. The molecule has 1 spiro atoms. The molecule has 1 aromatic carbocycles. The van der Waals surface area contributed by atoms with Crippen molar-refractivity contribution in [1.29, 1.82) is 0 Å². The summed E-state index contributed by atoms with van der Waals surface area (Å²) in [6.45, 7) is 19.0. The van der Waals surface area contributed by atoms with Gasteiger partial charge in [-0.05, 0) is 63.3 Å². The number of hydrogen-bond donors (Lipinski definition) is 1. The van der Waals surface area contributed by atoms with Crippen molar-refractivity contribution in [3.8, 4) is 5.75 Å². The van der Waals surface area contributed by atoms with E-state index in [0.29, 0.717) is 31.8 Å². The first-order valence-electron chi connectivity index (χ1n) is 16.3. The fourth-order valence-corrected chi connectivity index (χ4v) is 9.89. The maximum atomic E-state index is 14.8. The molecule has 0 aromatic heterocycles. The first kappa shape index (κ1) is 34.1. The SMILES string of the molecule is C=CCN(C(=O)[C@@H]1[C@H]2C(=O)N([C@@H](CO)[C@@H](C)CC)C(C(=O)N(CC=C)C(C)CCC)C23CC[C@H]1S3)c1ccc(OCC)cc1. The molecule has 242 valence electrons. The van der Waals surface area contributed by atoms with E-state index in [-0.39, 0.29) is 41.5 Å². The third kappa shape index (κ3) is 5.94. The molecule has 3 aliphatic heterocycles. The number of benzene rings is 1. The van der Waals surface area contributed by atoms with Gasteiger partial charge in [-0.3, -0.25) is 14.4 Å². The maximum Gasteiger partial charge on any atom is 0.247 e. The summed E-state index contributed by atoms with van der Waals surface area (Å²) in [4.78, 5) is 49.3. The Kier molecular flexibility index (Phi) is 11.3. The molecular weight excluding hydrogens is 574 g/mol. The summed E-state index contributed by atoms with van der Waals surface area (Å²) in [5, 5.41) is 10.6. The average molecular weight is 626 g/mol. The first-order valence-corrected chi connectivity index (χ1v) is 17.2. The summed E-state index contributed by atoms with van der Waals surface area (Å²) >= 11 is 1.67. The molecule has 2 bridgehead atoms. The number of thioether (sulfide) groups is 1. The van der Waals surface area contributed by atoms with Gasteiger partial charge in [0.1, 0.15) is 11.8 Å². The lowest BCUT2D eigenvalue weighted by molar-refractivity contribution is -0.147. The lowest BCUT2D eigenvalue weighted by Gasteiger charge is -2.42. The number of rotatable bonds is 16. The van der Waals surface area contributed by atoms with Gasteiger partial charge in [0.05, 0.1) is 35.8 Å². The highest BCUT2D eigenvalue weighted by molar-refractivity contribution is 8.02. The molecule has 3 heterocycles. The maximum absolute atomic E-state index is 14.8. The topological polar surface area (TPSA) is 90.4 Å². The molecule has 9 heteroatoms. The van der Waals surface area contributed by atoms with E-state index in [4.69, 9.17) is 4.74 Å². The van der Waals surface area contributed by atoms with Gasteiger partial charge >= 0.3 is 0 Å². The van der Waals surface area contributed by atoms with Crippen LogP contribution in [0.4, 0.5) is 5.69 Å². The van der Waals surface area contributed by atoms with Gasteiger partial charge in [-0.15, -0.1) is 24.9 Å². The third-order valence-electron chi connectivity index (χ3n) is 9.99. The smallest absolute Gasteiger partial charge is 0.247 e. The highest BCUT2D eigenvalue weighted by Gasteiger charge is 2.75. The van der Waals surface area contributed by atoms with Gasteiger partial charge in [0, 0.05) is 30.1 Å². The molecule has 1 aromatic rings. The monoisotopic (exact) mass is 625 g/mol. The van der Waals surface area contributed by atoms with Crippen molar-refractivity contribution in [2.75, 3.05) is 31.2 Å². The number of likely N-dealkylation sites (tertiary alicyclic amines) is 1. The normalized spacial score (nSPS) is 27.4. The minimum atomic E-state index is -0.753. The van der Waals surface area contributed by atoms with Gasteiger partial charge in [-0.25, -0.2) is 0 Å². The van der Waals surface area contributed by atoms with Crippen molar-refractivity contribution in [2.24, 2.45) is 17.8 Å². The Balaban J connectivity index is 1.79. The van der Waals surface area contributed by atoms with Crippen LogP contribution in [0.15, 0.2) is 49.6 Å². The number of aliphatic hydroxyl groups excluding tert-OH is 1. The van der Waals surface area contributed by atoms with Crippen LogP contribution in [0.3, 0.4) is 0 Å². The van der Waals surface area contributed by atoms with Gasteiger partial charge in [0.2, 0.25) is 17.7 Å². The van der Waals surface area contributed by atoms with Gasteiger partial charge in [0.25, 0.3) is 0 Å². The van der Waals surface area contributed by atoms with Crippen LogP contribution in [-0.4, -0.2) is 87.1 Å². The summed E-state index contributed by atoms with van der Waals surface area (Å²) in [5.41, 5.74) is 0.716. The van der Waals surface area contributed by atoms with Crippen LogP contribution < -0.4 is 9.64 Å². The number of anilines is 1. The molecule has 3 saturated heterocycles. The summed E-state index contributed by atoms with van der Waals surface area (Å²) < 4.78 is 4.88. The van der Waals surface area contributed by atoms with Crippen molar-refractivity contribution in [1.82, 2.24) is 9.80 Å². The largest absolute Gasteiger partial charge is 0.494 e. The Hall–Kier alpha value is -2.78. The van der Waals surface area contributed by atoms with Crippen molar-refractivity contribution in [2.45, 2.75) is 94.8 Å². The molecule has 3 amide bonds. The van der Waals surface area contributed by atoms with Gasteiger partial charge < -0.3 is 24.5 Å². The van der Waals surface area contributed by atoms with Crippen LogP contribution in [0, 0.1) is 17.8 Å². The van der Waals surface area contributed by atoms with Crippen molar-refractivity contribution in [3.63, 3.8) is 0 Å². The number of hydrogen-bond acceptors (Lipinski definition) is 6. The van der Waals surface area contributed by atoms with E-state index in [2.05, 4.69) is 27.0 Å². The number of amides is 3. The highest BCUT2D eigenvalue weighted by Crippen LogP contribution is 2.67. The number of carbonyl (C=O) groups is 3. The Morgan fingerprint density at radius 1 is 1.14 bits per heavy atom. The Labute approximate surface area is 267 Å². The van der Waals surface area contributed by atoms with E-state index in [1.165, 1.54) is 0 Å². The molecule has 0 saturated carbocycles. The zero-order chi connectivity index (χ0) is 32.2. The Morgan fingerprint density at radius 3 is 2.39 bits per heavy atom. The van der Waals surface area contributed by atoms with E-state index in [0.717, 1.165) is 31.4 Å². The number of nitrogens with zero attached hydrogens (tertiary/aromatic N) is 3. The average Bonchev–Trinajstić information content (AvgIpc) is 3.66. The molecule has 0 radical (unpaired) electrons. The predicted octanol–water partition coefficient (Wildman–Crippen LogP) is 5.31. The van der Waals surface area contributed by atoms with E-state index in [9.17, 15) is 19.5 Å². The number of carbonyl (C=O) groups excluding carboxylic acids is 3. The van der Waals surface area contributed by atoms with E-state index in [1.807, 2.05) is 49.9 Å². The second kappa shape index (κ2) is 14.5. The van der Waals surface area contributed by atoms with Crippen molar-refractivity contribution >= 4 is 35.2 Å². The van der Waals surface area contributed by atoms with Crippen molar-refractivity contribution < 1.29 is 24.2 Å². The van der Waals surface area contributed by atoms with Crippen LogP contribution in [-0.2, 0) is 14.4 Å². The van der Waals surface area contributed by atoms with E-state index in [1.54, 1.807) is 33.7 Å². The molecule has 8 atom stereocenters. The zero-order valence-electron chi connectivity index (χ0n) is 27.1. The lowest BCUT2D eigenvalue weighted by Crippen LogP contribution is -2.59. The molecule has 8 nitrogen and oxygen atoms in total. The zero-order valence-corrected chi connectivity index (χ0v) is 27.9. The van der Waals surface area contributed by atoms with Gasteiger partial charge in [-0.2, -0.15) is 0 Å². The molecule has 0 aliphatic carbocycles. The molecule has 4 rings (SSSR count). The molecule has 3 fully saturated rings. The molecular formula is C35H51N3O5S. The number of ether oxygens (including phenoxy) is 1. The number of fused-ring (bicyclic) bond motifs is 1. The Bertz CT molecular complexity index is 1210. The molecule has 3 unspecified atom stereocenters. The first-order chi connectivity index (χ1) is 21.1. The van der Waals surface area contributed by atoms with Crippen LogP contribution in [0.25, 0.3) is 0 Å². The quantitative estimate of drug-likeness (QED) is 0.251. The summed E-state index contributed by atoms with van der Waals surface area (Å²) in [7, 11) is 0. The summed E-state index contributed by atoms with van der Waals surface area (Å²) in [5.74, 6) is -0.917.